The normalized spacial score (nSPS) is 10.9. The molecule has 1 aliphatic rings. The van der Waals surface area contributed by atoms with Gasteiger partial charge >= 0.3 is 0 Å². The first-order valence-corrected chi connectivity index (χ1v) is 6.67. The van der Waals surface area contributed by atoms with Gasteiger partial charge in [0.25, 0.3) is 0 Å². The number of para-hydroxylation sites is 1. The number of rotatable bonds is 0. The second kappa shape index (κ2) is 14.0. The van der Waals surface area contributed by atoms with Crippen LogP contribution in [-0.4, -0.2) is 6.61 Å². The second-order valence-corrected chi connectivity index (χ2v) is 2.56. The molecular weight excluding hydrogens is 196 g/mol. The van der Waals surface area contributed by atoms with Crippen LogP contribution >= 0.6 is 0 Å². The SMILES string of the molecule is CC.CC.CC.c1ccc2c(c1)CCCO2. The average molecular weight is 224 g/mol. The maximum absolute atomic E-state index is 5.42. The molecule has 16 heavy (non-hydrogen) atoms. The topological polar surface area (TPSA) is 9.23 Å². The van der Waals surface area contributed by atoms with Crippen LogP contribution in [0.15, 0.2) is 24.3 Å². The molecule has 1 heterocycles. The molecule has 1 aromatic rings. The third-order valence-corrected chi connectivity index (χ3v) is 1.82. The lowest BCUT2D eigenvalue weighted by Gasteiger charge is -2.15. The van der Waals surface area contributed by atoms with E-state index in [2.05, 4.69) is 12.1 Å². The largest absolute Gasteiger partial charge is 0.493 e. The Labute approximate surface area is 102 Å². The van der Waals surface area contributed by atoms with E-state index in [4.69, 9.17) is 4.74 Å². The van der Waals surface area contributed by atoms with Crippen molar-refractivity contribution >= 4 is 0 Å². The van der Waals surface area contributed by atoms with Gasteiger partial charge in [-0.15, -0.1) is 0 Å². The van der Waals surface area contributed by atoms with E-state index in [-0.39, 0.29) is 0 Å². The van der Waals surface area contributed by atoms with E-state index in [1.54, 1.807) is 0 Å². The molecule has 94 valence electrons. The van der Waals surface area contributed by atoms with E-state index in [0.717, 1.165) is 18.8 Å². The fourth-order valence-corrected chi connectivity index (χ4v) is 1.30. The summed E-state index contributed by atoms with van der Waals surface area (Å²) in [5, 5.41) is 0. The molecule has 2 rings (SSSR count). The van der Waals surface area contributed by atoms with Crippen LogP contribution in [0.3, 0.4) is 0 Å². The van der Waals surface area contributed by atoms with Crippen LogP contribution in [0.5, 0.6) is 5.75 Å². The zero-order chi connectivity index (χ0) is 12.8. The van der Waals surface area contributed by atoms with Crippen LogP contribution in [0.25, 0.3) is 0 Å². The summed E-state index contributed by atoms with van der Waals surface area (Å²) in [7, 11) is 0. The first kappa shape index (κ1) is 17.4. The van der Waals surface area contributed by atoms with E-state index < -0.39 is 0 Å². The highest BCUT2D eigenvalue weighted by Gasteiger charge is 2.06. The molecule has 1 heteroatoms. The Balaban J connectivity index is 0. The highest BCUT2D eigenvalue weighted by molar-refractivity contribution is 5.34. The summed E-state index contributed by atoms with van der Waals surface area (Å²) in [6, 6.07) is 8.25. The number of benzene rings is 1. The number of fused-ring (bicyclic) bond motifs is 1. The predicted octanol–water partition coefficient (Wildman–Crippen LogP) is 5.09. The summed E-state index contributed by atoms with van der Waals surface area (Å²) in [6.45, 7) is 12.9. The van der Waals surface area contributed by atoms with Crippen molar-refractivity contribution in [2.24, 2.45) is 0 Å². The van der Waals surface area contributed by atoms with Crippen LogP contribution in [0, 0.1) is 0 Å². The van der Waals surface area contributed by atoms with Crippen LogP contribution < -0.4 is 4.74 Å². The van der Waals surface area contributed by atoms with Gasteiger partial charge in [-0.2, -0.15) is 0 Å². The van der Waals surface area contributed by atoms with Gasteiger partial charge in [0.1, 0.15) is 5.75 Å². The number of ether oxygens (including phenoxy) is 1. The molecule has 0 amide bonds. The Hall–Kier alpha value is -0.980. The summed E-state index contributed by atoms with van der Waals surface area (Å²) in [5.74, 6) is 1.08. The van der Waals surface area contributed by atoms with Gasteiger partial charge in [0.05, 0.1) is 6.61 Å². The monoisotopic (exact) mass is 224 g/mol. The molecule has 0 spiro atoms. The first-order valence-electron chi connectivity index (χ1n) is 6.67. The van der Waals surface area contributed by atoms with Crippen molar-refractivity contribution in [3.63, 3.8) is 0 Å². The second-order valence-electron chi connectivity index (χ2n) is 2.56. The van der Waals surface area contributed by atoms with E-state index in [1.165, 1.54) is 12.0 Å². The van der Waals surface area contributed by atoms with E-state index in [9.17, 15) is 0 Å². The molecule has 0 aliphatic carbocycles. The Kier molecular flexibility index (Phi) is 15.3. The van der Waals surface area contributed by atoms with Crippen molar-refractivity contribution in [2.75, 3.05) is 6.61 Å². The molecule has 1 nitrogen and oxygen atoms in total. The molecule has 0 saturated carbocycles. The maximum atomic E-state index is 5.42. The lowest BCUT2D eigenvalue weighted by atomic mass is 10.1. The molecule has 0 unspecified atom stereocenters. The quantitative estimate of drug-likeness (QED) is 0.596. The Morgan fingerprint density at radius 2 is 1.44 bits per heavy atom. The summed E-state index contributed by atoms with van der Waals surface area (Å²) in [5.41, 5.74) is 1.36. The Morgan fingerprint density at radius 3 is 2.00 bits per heavy atom. The van der Waals surface area contributed by atoms with Crippen LogP contribution in [0.4, 0.5) is 0 Å². The van der Waals surface area contributed by atoms with E-state index in [1.807, 2.05) is 53.7 Å². The number of aryl methyl sites for hydroxylation is 1. The number of hydrogen-bond donors (Lipinski definition) is 0. The minimum Gasteiger partial charge on any atom is -0.493 e. The molecule has 0 N–H and O–H groups in total. The average Bonchev–Trinajstić information content (AvgIpc) is 2.45. The minimum absolute atomic E-state index is 0.886. The molecule has 0 saturated heterocycles. The molecular formula is C15H28O. The summed E-state index contributed by atoms with van der Waals surface area (Å²) in [4.78, 5) is 0. The smallest absolute Gasteiger partial charge is 0.122 e. The Bertz CT molecular complexity index is 206. The highest BCUT2D eigenvalue weighted by atomic mass is 16.5. The van der Waals surface area contributed by atoms with Crippen LogP contribution in [0.1, 0.15) is 53.5 Å². The standard InChI is InChI=1S/C9H10O.3C2H6/c1-2-6-9-8(4-1)5-3-7-10-9;3*1-2/h1-2,4,6H,3,5,7H2;3*1-2H3. The fourth-order valence-electron chi connectivity index (χ4n) is 1.30. The molecule has 1 aliphatic heterocycles. The van der Waals surface area contributed by atoms with Crippen molar-refractivity contribution in [2.45, 2.75) is 54.4 Å². The van der Waals surface area contributed by atoms with Gasteiger partial charge < -0.3 is 4.74 Å². The fraction of sp³-hybridized carbons (Fsp3) is 0.600. The lowest BCUT2D eigenvalue weighted by molar-refractivity contribution is 0.288. The summed E-state index contributed by atoms with van der Waals surface area (Å²) in [6.07, 6.45) is 2.34. The molecule has 1 aromatic carbocycles. The van der Waals surface area contributed by atoms with Gasteiger partial charge in [-0.1, -0.05) is 59.7 Å². The molecule has 0 radical (unpaired) electrons. The van der Waals surface area contributed by atoms with Crippen molar-refractivity contribution in [1.29, 1.82) is 0 Å². The van der Waals surface area contributed by atoms with E-state index in [0.29, 0.717) is 0 Å². The van der Waals surface area contributed by atoms with Gasteiger partial charge in [0.15, 0.2) is 0 Å². The minimum atomic E-state index is 0.886. The zero-order valence-corrected chi connectivity index (χ0v) is 11.8. The van der Waals surface area contributed by atoms with Crippen molar-refractivity contribution in [3.05, 3.63) is 29.8 Å². The highest BCUT2D eigenvalue weighted by Crippen LogP contribution is 2.22. The van der Waals surface area contributed by atoms with E-state index >= 15 is 0 Å². The van der Waals surface area contributed by atoms with Gasteiger partial charge in [-0.05, 0) is 24.5 Å². The van der Waals surface area contributed by atoms with Crippen molar-refractivity contribution in [3.8, 4) is 5.75 Å². The predicted molar refractivity (Wildman–Crippen MR) is 74.3 cm³/mol. The molecule has 0 atom stereocenters. The summed E-state index contributed by atoms with van der Waals surface area (Å²) < 4.78 is 5.42. The first-order chi connectivity index (χ1) is 7.97. The molecule has 0 fully saturated rings. The van der Waals surface area contributed by atoms with Gasteiger partial charge in [-0.3, -0.25) is 0 Å². The van der Waals surface area contributed by atoms with Crippen molar-refractivity contribution < 1.29 is 4.74 Å². The summed E-state index contributed by atoms with van der Waals surface area (Å²) >= 11 is 0. The van der Waals surface area contributed by atoms with Crippen LogP contribution in [0.2, 0.25) is 0 Å². The van der Waals surface area contributed by atoms with Crippen molar-refractivity contribution in [1.82, 2.24) is 0 Å². The maximum Gasteiger partial charge on any atom is 0.122 e. The third-order valence-electron chi connectivity index (χ3n) is 1.82. The zero-order valence-electron chi connectivity index (χ0n) is 11.8. The Morgan fingerprint density at radius 1 is 0.875 bits per heavy atom. The molecule has 0 aromatic heterocycles. The van der Waals surface area contributed by atoms with Gasteiger partial charge in [-0.25, -0.2) is 0 Å². The van der Waals surface area contributed by atoms with Gasteiger partial charge in [0, 0.05) is 0 Å². The third kappa shape index (κ3) is 6.49. The van der Waals surface area contributed by atoms with Gasteiger partial charge in [0.2, 0.25) is 0 Å². The molecule has 0 bridgehead atoms. The number of hydrogen-bond acceptors (Lipinski definition) is 1. The lowest BCUT2D eigenvalue weighted by Crippen LogP contribution is -2.07. The van der Waals surface area contributed by atoms with Crippen LogP contribution in [-0.2, 0) is 6.42 Å².